The first kappa shape index (κ1) is 19.3. The van der Waals surface area contributed by atoms with Crippen LogP contribution in [0.1, 0.15) is 5.56 Å². The molecule has 0 saturated heterocycles. The molecule has 3 aromatic carbocycles. The number of alkyl halides is 3. The van der Waals surface area contributed by atoms with Crippen LogP contribution < -0.4 is 4.74 Å². The molecule has 1 aromatic heterocycles. The molecule has 0 N–H and O–H groups in total. The molecule has 0 aliphatic rings. The molecular formula is C21H15ClF3N3O. The minimum Gasteiger partial charge on any atom is -0.495 e. The fourth-order valence-electron chi connectivity index (χ4n) is 3.41. The molecule has 29 heavy (non-hydrogen) atoms. The second-order valence-electron chi connectivity index (χ2n) is 6.43. The zero-order valence-electron chi connectivity index (χ0n) is 15.5. The monoisotopic (exact) mass is 417 g/mol. The van der Waals surface area contributed by atoms with E-state index in [1.54, 1.807) is 13.1 Å². The minimum absolute atomic E-state index is 0.0490. The van der Waals surface area contributed by atoms with Crippen molar-refractivity contribution in [1.29, 1.82) is 0 Å². The van der Waals surface area contributed by atoms with Gasteiger partial charge < -0.3 is 9.30 Å². The minimum atomic E-state index is -4.51. The average Bonchev–Trinajstić information content (AvgIpc) is 3.08. The van der Waals surface area contributed by atoms with Crippen molar-refractivity contribution < 1.29 is 17.9 Å². The Bertz CT molecular complexity index is 1220. The van der Waals surface area contributed by atoms with Crippen molar-refractivity contribution in [1.82, 2.24) is 14.8 Å². The zero-order valence-corrected chi connectivity index (χ0v) is 16.2. The van der Waals surface area contributed by atoms with Crippen LogP contribution >= 0.6 is 11.6 Å². The van der Waals surface area contributed by atoms with E-state index in [-0.39, 0.29) is 11.4 Å². The topological polar surface area (TPSA) is 39.9 Å². The smallest absolute Gasteiger partial charge is 0.417 e. The van der Waals surface area contributed by atoms with E-state index in [0.29, 0.717) is 22.2 Å². The van der Waals surface area contributed by atoms with Crippen LogP contribution in [-0.2, 0) is 13.2 Å². The number of rotatable bonds is 3. The molecule has 0 atom stereocenters. The molecule has 148 valence electrons. The molecule has 0 aliphatic heterocycles. The fraction of sp³-hybridized carbons (Fsp3) is 0.143. The van der Waals surface area contributed by atoms with Gasteiger partial charge in [-0.3, -0.25) is 0 Å². The van der Waals surface area contributed by atoms with Crippen molar-refractivity contribution in [2.24, 2.45) is 7.05 Å². The lowest BCUT2D eigenvalue weighted by Crippen LogP contribution is -2.08. The first-order chi connectivity index (χ1) is 13.8. The van der Waals surface area contributed by atoms with Crippen LogP contribution in [0.5, 0.6) is 5.75 Å². The van der Waals surface area contributed by atoms with Gasteiger partial charge in [-0.25, -0.2) is 0 Å². The van der Waals surface area contributed by atoms with E-state index >= 15 is 0 Å². The van der Waals surface area contributed by atoms with Gasteiger partial charge in [0, 0.05) is 28.4 Å². The van der Waals surface area contributed by atoms with Gasteiger partial charge in [0.15, 0.2) is 11.6 Å². The van der Waals surface area contributed by atoms with Crippen LogP contribution in [0, 0.1) is 0 Å². The third-order valence-electron chi connectivity index (χ3n) is 4.74. The molecular weight excluding hydrogens is 403 g/mol. The number of halogens is 4. The van der Waals surface area contributed by atoms with E-state index in [0.717, 1.165) is 16.8 Å². The lowest BCUT2D eigenvalue weighted by Gasteiger charge is -2.14. The van der Waals surface area contributed by atoms with Gasteiger partial charge in [-0.15, -0.1) is 10.2 Å². The summed E-state index contributed by atoms with van der Waals surface area (Å²) in [6.45, 7) is 0. The van der Waals surface area contributed by atoms with Gasteiger partial charge in [-0.2, -0.15) is 13.2 Å². The maximum atomic E-state index is 13.4. The quantitative estimate of drug-likeness (QED) is 0.411. The molecule has 0 bridgehead atoms. The molecule has 0 fully saturated rings. The number of nitrogens with zero attached hydrogens (tertiary/aromatic N) is 3. The standard InChI is InChI=1S/C21H15ClF3N3O/c1-28-19(14-9-5-6-10-16(14)21(23,24)25)26-27-20(28)15-11-17(22)12-7-3-4-8-13(12)18(15)29-2/h3-11H,1-2H3. The Kier molecular flexibility index (Phi) is 4.70. The van der Waals surface area contributed by atoms with Crippen molar-refractivity contribution in [3.63, 3.8) is 0 Å². The van der Waals surface area contributed by atoms with E-state index in [9.17, 15) is 13.2 Å². The summed E-state index contributed by atoms with van der Waals surface area (Å²) >= 11 is 6.44. The van der Waals surface area contributed by atoms with E-state index in [1.165, 1.54) is 29.9 Å². The molecule has 0 unspecified atom stereocenters. The summed E-state index contributed by atoms with van der Waals surface area (Å²) < 4.78 is 47.4. The molecule has 4 aromatic rings. The molecule has 4 nitrogen and oxygen atoms in total. The van der Waals surface area contributed by atoms with Crippen LogP contribution in [0.2, 0.25) is 5.02 Å². The predicted molar refractivity (Wildman–Crippen MR) is 106 cm³/mol. The normalized spacial score (nSPS) is 11.8. The Morgan fingerprint density at radius 1 is 0.897 bits per heavy atom. The Morgan fingerprint density at radius 3 is 2.14 bits per heavy atom. The summed E-state index contributed by atoms with van der Waals surface area (Å²) in [5.41, 5.74) is -0.278. The molecule has 8 heteroatoms. The first-order valence-electron chi connectivity index (χ1n) is 8.64. The van der Waals surface area contributed by atoms with Crippen LogP contribution in [0.4, 0.5) is 13.2 Å². The lowest BCUT2D eigenvalue weighted by atomic mass is 10.0. The summed E-state index contributed by atoms with van der Waals surface area (Å²) in [5, 5.41) is 10.2. The van der Waals surface area contributed by atoms with Gasteiger partial charge in [0.05, 0.1) is 18.2 Å². The van der Waals surface area contributed by atoms with E-state index in [4.69, 9.17) is 16.3 Å². The Hall–Kier alpha value is -3.06. The summed E-state index contributed by atoms with van der Waals surface area (Å²) in [7, 11) is 3.13. The van der Waals surface area contributed by atoms with Crippen LogP contribution in [-0.4, -0.2) is 21.9 Å². The second-order valence-corrected chi connectivity index (χ2v) is 6.84. The Balaban J connectivity index is 1.95. The average molecular weight is 418 g/mol. The predicted octanol–water partition coefficient (Wildman–Crippen LogP) is 5.98. The third-order valence-corrected chi connectivity index (χ3v) is 5.05. The second kappa shape index (κ2) is 7.08. The van der Waals surface area contributed by atoms with Crippen molar-refractivity contribution >= 4 is 22.4 Å². The van der Waals surface area contributed by atoms with Gasteiger partial charge in [-0.05, 0) is 12.1 Å². The number of methoxy groups -OCH3 is 1. The lowest BCUT2D eigenvalue weighted by molar-refractivity contribution is -0.137. The molecule has 0 spiro atoms. The fourth-order valence-corrected chi connectivity index (χ4v) is 3.69. The number of hydrogen-bond acceptors (Lipinski definition) is 3. The highest BCUT2D eigenvalue weighted by Crippen LogP contribution is 2.41. The van der Waals surface area contributed by atoms with Crippen molar-refractivity contribution in [3.05, 3.63) is 65.2 Å². The summed E-state index contributed by atoms with van der Waals surface area (Å²) in [6.07, 6.45) is -4.51. The highest BCUT2D eigenvalue weighted by atomic mass is 35.5. The molecule has 4 rings (SSSR count). The highest BCUT2D eigenvalue weighted by Gasteiger charge is 2.34. The number of aromatic nitrogens is 3. The van der Waals surface area contributed by atoms with Crippen molar-refractivity contribution in [2.75, 3.05) is 7.11 Å². The van der Waals surface area contributed by atoms with Gasteiger partial charge in [0.1, 0.15) is 5.75 Å². The van der Waals surface area contributed by atoms with E-state index in [1.807, 2.05) is 24.3 Å². The SMILES string of the molecule is COc1c(-c2nnc(-c3ccccc3C(F)(F)F)n2C)cc(Cl)c2ccccc12. The highest BCUT2D eigenvalue weighted by molar-refractivity contribution is 6.36. The van der Waals surface area contributed by atoms with Crippen molar-refractivity contribution in [3.8, 4) is 28.5 Å². The van der Waals surface area contributed by atoms with Crippen LogP contribution in [0.15, 0.2) is 54.6 Å². The number of hydrogen-bond donors (Lipinski definition) is 0. The van der Waals surface area contributed by atoms with Gasteiger partial charge >= 0.3 is 6.18 Å². The molecule has 0 amide bonds. The largest absolute Gasteiger partial charge is 0.495 e. The van der Waals surface area contributed by atoms with Crippen molar-refractivity contribution in [2.45, 2.75) is 6.18 Å². The van der Waals surface area contributed by atoms with Gasteiger partial charge in [-0.1, -0.05) is 54.1 Å². The molecule has 1 heterocycles. The van der Waals surface area contributed by atoms with E-state index in [2.05, 4.69) is 10.2 Å². The molecule has 0 aliphatic carbocycles. The van der Waals surface area contributed by atoms with Crippen LogP contribution in [0.3, 0.4) is 0 Å². The number of fused-ring (bicyclic) bond motifs is 1. The maximum absolute atomic E-state index is 13.4. The molecule has 0 radical (unpaired) electrons. The third kappa shape index (κ3) is 3.21. The summed E-state index contributed by atoms with van der Waals surface area (Å²) in [4.78, 5) is 0. The summed E-state index contributed by atoms with van der Waals surface area (Å²) in [6, 6.07) is 14.4. The summed E-state index contributed by atoms with van der Waals surface area (Å²) in [5.74, 6) is 0.969. The Morgan fingerprint density at radius 2 is 1.48 bits per heavy atom. The number of benzene rings is 3. The van der Waals surface area contributed by atoms with Gasteiger partial charge in [0.2, 0.25) is 0 Å². The first-order valence-corrected chi connectivity index (χ1v) is 9.02. The van der Waals surface area contributed by atoms with Gasteiger partial charge in [0.25, 0.3) is 0 Å². The van der Waals surface area contributed by atoms with Crippen LogP contribution in [0.25, 0.3) is 33.5 Å². The van der Waals surface area contributed by atoms with E-state index < -0.39 is 11.7 Å². The number of ether oxygens (including phenoxy) is 1. The molecule has 0 saturated carbocycles. The maximum Gasteiger partial charge on any atom is 0.417 e. The Labute approximate surface area is 169 Å². The zero-order chi connectivity index (χ0) is 20.8.